The Labute approximate surface area is 119 Å². The van der Waals surface area contributed by atoms with Crippen LogP contribution < -0.4 is 11.1 Å². The Hall–Kier alpha value is -1.81. The molecule has 3 N–H and O–H groups in total. The zero-order valence-electron chi connectivity index (χ0n) is 11.9. The normalized spacial score (nSPS) is 18.1. The van der Waals surface area contributed by atoms with Gasteiger partial charge in [0.25, 0.3) is 0 Å². The van der Waals surface area contributed by atoms with E-state index < -0.39 is 0 Å². The van der Waals surface area contributed by atoms with Gasteiger partial charge in [-0.1, -0.05) is 6.92 Å². The van der Waals surface area contributed by atoms with E-state index >= 15 is 0 Å². The minimum atomic E-state index is 0.300. The maximum absolute atomic E-state index is 6.02. The summed E-state index contributed by atoms with van der Waals surface area (Å²) in [6, 6.07) is 5.96. The molecule has 106 valence electrons. The van der Waals surface area contributed by atoms with Crippen LogP contribution in [-0.4, -0.2) is 24.7 Å². The van der Waals surface area contributed by atoms with Crippen molar-refractivity contribution in [1.82, 2.24) is 4.98 Å². The van der Waals surface area contributed by atoms with Gasteiger partial charge < -0.3 is 15.8 Å². The highest BCUT2D eigenvalue weighted by Gasteiger charge is 2.27. The van der Waals surface area contributed by atoms with E-state index in [2.05, 4.69) is 17.2 Å². The zero-order valence-corrected chi connectivity index (χ0v) is 11.9. The molecule has 1 aromatic heterocycles. The van der Waals surface area contributed by atoms with Gasteiger partial charge in [-0.3, -0.25) is 4.98 Å². The first-order chi connectivity index (χ1) is 9.68. The van der Waals surface area contributed by atoms with Crippen LogP contribution in [0.4, 0.5) is 11.4 Å². The van der Waals surface area contributed by atoms with Crippen LogP contribution in [-0.2, 0) is 4.74 Å². The molecule has 2 aromatic rings. The third kappa shape index (κ3) is 2.56. The monoisotopic (exact) mass is 271 g/mol. The number of benzene rings is 1. The highest BCUT2D eigenvalue weighted by Crippen LogP contribution is 2.32. The molecular formula is C16H21N3O. The summed E-state index contributed by atoms with van der Waals surface area (Å²) in [4.78, 5) is 4.21. The number of anilines is 2. The molecule has 0 aliphatic carbocycles. The minimum Gasteiger partial charge on any atom is -0.398 e. The number of nitrogens with one attached hydrogen (secondary N) is 1. The van der Waals surface area contributed by atoms with E-state index in [0.717, 1.165) is 54.7 Å². The fourth-order valence-electron chi connectivity index (χ4n) is 2.72. The number of nitrogen functional groups attached to an aromatic ring is 1. The second-order valence-electron chi connectivity index (χ2n) is 5.90. The first-order valence-electron chi connectivity index (χ1n) is 7.12. The maximum Gasteiger partial charge on any atom is 0.0471 e. The lowest BCUT2D eigenvalue weighted by molar-refractivity contribution is 0.0300. The summed E-state index contributed by atoms with van der Waals surface area (Å²) < 4.78 is 5.45. The molecule has 0 radical (unpaired) electrons. The third-order valence-corrected chi connectivity index (χ3v) is 4.26. The van der Waals surface area contributed by atoms with Crippen molar-refractivity contribution in [2.24, 2.45) is 5.41 Å². The average molecular weight is 271 g/mol. The molecule has 0 spiro atoms. The SMILES string of the molecule is CC1(CNc2ccc(N)c3ccncc23)CCOCC1. The van der Waals surface area contributed by atoms with Gasteiger partial charge in [-0.15, -0.1) is 0 Å². The zero-order chi connectivity index (χ0) is 14.0. The Morgan fingerprint density at radius 1 is 1.25 bits per heavy atom. The van der Waals surface area contributed by atoms with Crippen molar-refractivity contribution in [2.75, 3.05) is 30.8 Å². The van der Waals surface area contributed by atoms with Gasteiger partial charge >= 0.3 is 0 Å². The summed E-state index contributed by atoms with van der Waals surface area (Å²) in [6.07, 6.45) is 5.86. The van der Waals surface area contributed by atoms with E-state index in [9.17, 15) is 0 Å². The molecule has 1 aliphatic rings. The molecule has 1 aromatic carbocycles. The van der Waals surface area contributed by atoms with Crippen molar-refractivity contribution in [3.8, 4) is 0 Å². The van der Waals surface area contributed by atoms with Gasteiger partial charge in [0.2, 0.25) is 0 Å². The number of hydrogen-bond donors (Lipinski definition) is 2. The van der Waals surface area contributed by atoms with Crippen molar-refractivity contribution < 1.29 is 4.74 Å². The van der Waals surface area contributed by atoms with E-state index in [4.69, 9.17) is 10.5 Å². The fraction of sp³-hybridized carbons (Fsp3) is 0.438. The Morgan fingerprint density at radius 3 is 2.85 bits per heavy atom. The number of fused-ring (bicyclic) bond motifs is 1. The van der Waals surface area contributed by atoms with E-state index in [-0.39, 0.29) is 0 Å². The highest BCUT2D eigenvalue weighted by molar-refractivity contribution is 6.00. The Morgan fingerprint density at radius 2 is 2.05 bits per heavy atom. The topological polar surface area (TPSA) is 60.2 Å². The largest absolute Gasteiger partial charge is 0.398 e. The maximum atomic E-state index is 6.02. The average Bonchev–Trinajstić information content (AvgIpc) is 2.48. The lowest BCUT2D eigenvalue weighted by Gasteiger charge is -2.34. The van der Waals surface area contributed by atoms with Crippen LogP contribution in [0.25, 0.3) is 10.8 Å². The van der Waals surface area contributed by atoms with E-state index in [0.29, 0.717) is 5.41 Å². The molecule has 0 bridgehead atoms. The van der Waals surface area contributed by atoms with Gasteiger partial charge in [0.15, 0.2) is 0 Å². The van der Waals surface area contributed by atoms with Gasteiger partial charge in [0.05, 0.1) is 0 Å². The summed E-state index contributed by atoms with van der Waals surface area (Å²) in [7, 11) is 0. The van der Waals surface area contributed by atoms with Gasteiger partial charge in [0.1, 0.15) is 0 Å². The van der Waals surface area contributed by atoms with Crippen LogP contribution in [0, 0.1) is 5.41 Å². The standard InChI is InChI=1S/C16H21N3O/c1-16(5-8-20-9-6-16)11-19-15-3-2-14(17)12-4-7-18-10-13(12)15/h2-4,7,10,19H,5-6,8-9,11,17H2,1H3. The van der Waals surface area contributed by atoms with Crippen molar-refractivity contribution in [2.45, 2.75) is 19.8 Å². The van der Waals surface area contributed by atoms with Crippen molar-refractivity contribution in [3.05, 3.63) is 30.6 Å². The van der Waals surface area contributed by atoms with Crippen molar-refractivity contribution >= 4 is 22.1 Å². The van der Waals surface area contributed by atoms with E-state index in [1.807, 2.05) is 24.4 Å². The first kappa shape index (κ1) is 13.2. The predicted molar refractivity (Wildman–Crippen MR) is 82.8 cm³/mol. The molecule has 1 saturated heterocycles. The quantitative estimate of drug-likeness (QED) is 0.842. The molecule has 0 amide bonds. The Bertz CT molecular complexity index is 606. The molecule has 20 heavy (non-hydrogen) atoms. The number of nitrogens with two attached hydrogens (primary N) is 1. The summed E-state index contributed by atoms with van der Waals surface area (Å²) in [5.74, 6) is 0. The number of nitrogens with zero attached hydrogens (tertiary/aromatic N) is 1. The summed E-state index contributed by atoms with van der Waals surface area (Å²) in [5, 5.41) is 5.72. The molecule has 1 aliphatic heterocycles. The molecule has 1 fully saturated rings. The van der Waals surface area contributed by atoms with Crippen LogP contribution in [0.2, 0.25) is 0 Å². The van der Waals surface area contributed by atoms with Crippen LogP contribution in [0.3, 0.4) is 0 Å². The number of hydrogen-bond acceptors (Lipinski definition) is 4. The van der Waals surface area contributed by atoms with Crippen LogP contribution in [0.5, 0.6) is 0 Å². The number of ether oxygens (including phenoxy) is 1. The van der Waals surface area contributed by atoms with E-state index in [1.54, 1.807) is 6.20 Å². The number of rotatable bonds is 3. The fourth-order valence-corrected chi connectivity index (χ4v) is 2.72. The smallest absolute Gasteiger partial charge is 0.0471 e. The molecule has 0 unspecified atom stereocenters. The third-order valence-electron chi connectivity index (χ3n) is 4.26. The summed E-state index contributed by atoms with van der Waals surface area (Å²) in [5.41, 5.74) is 8.22. The molecule has 0 saturated carbocycles. The second-order valence-corrected chi connectivity index (χ2v) is 5.90. The number of aromatic nitrogens is 1. The van der Waals surface area contributed by atoms with Gasteiger partial charge in [-0.05, 0) is 36.5 Å². The lowest BCUT2D eigenvalue weighted by atomic mass is 9.82. The predicted octanol–water partition coefficient (Wildman–Crippen LogP) is 3.05. The summed E-state index contributed by atoms with van der Waals surface area (Å²) >= 11 is 0. The van der Waals surface area contributed by atoms with Crippen molar-refractivity contribution in [3.63, 3.8) is 0 Å². The summed E-state index contributed by atoms with van der Waals surface area (Å²) in [6.45, 7) is 5.00. The van der Waals surface area contributed by atoms with E-state index in [1.165, 1.54) is 0 Å². The molecule has 3 rings (SSSR count). The van der Waals surface area contributed by atoms with Gasteiger partial charge in [-0.2, -0.15) is 0 Å². The van der Waals surface area contributed by atoms with Crippen molar-refractivity contribution in [1.29, 1.82) is 0 Å². The molecule has 2 heterocycles. The molecule has 0 atom stereocenters. The highest BCUT2D eigenvalue weighted by atomic mass is 16.5. The lowest BCUT2D eigenvalue weighted by Crippen LogP contribution is -2.33. The second kappa shape index (κ2) is 5.29. The minimum absolute atomic E-state index is 0.300. The van der Waals surface area contributed by atoms with Crippen LogP contribution >= 0.6 is 0 Å². The number of pyridine rings is 1. The van der Waals surface area contributed by atoms with Gasteiger partial charge in [0, 0.05) is 54.3 Å². The Kier molecular flexibility index (Phi) is 3.49. The van der Waals surface area contributed by atoms with Gasteiger partial charge in [-0.25, -0.2) is 0 Å². The first-order valence-corrected chi connectivity index (χ1v) is 7.12. The molecule has 4 heteroatoms. The molecular weight excluding hydrogens is 250 g/mol. The van der Waals surface area contributed by atoms with Crippen LogP contribution in [0.1, 0.15) is 19.8 Å². The Balaban J connectivity index is 1.82. The van der Waals surface area contributed by atoms with Crippen LogP contribution in [0.15, 0.2) is 30.6 Å². The molecule has 4 nitrogen and oxygen atoms in total.